The number of alkyl halides is 1. The fourth-order valence-electron chi connectivity index (χ4n) is 1.57. The lowest BCUT2D eigenvalue weighted by Crippen LogP contribution is -2.30. The van der Waals surface area contributed by atoms with Crippen LogP contribution < -0.4 is 4.74 Å². The van der Waals surface area contributed by atoms with Crippen molar-refractivity contribution in [2.45, 2.75) is 12.3 Å². The van der Waals surface area contributed by atoms with Gasteiger partial charge < -0.3 is 9.47 Å². The van der Waals surface area contributed by atoms with Crippen LogP contribution in [0.1, 0.15) is 6.42 Å². The summed E-state index contributed by atoms with van der Waals surface area (Å²) in [6.45, 7) is -0.0689. The lowest BCUT2D eigenvalue weighted by Gasteiger charge is -2.18. The summed E-state index contributed by atoms with van der Waals surface area (Å²) >= 11 is 0. The van der Waals surface area contributed by atoms with E-state index in [0.29, 0.717) is 5.75 Å². The minimum atomic E-state index is -1.84. The molecule has 2 rings (SSSR count). The highest BCUT2D eigenvalue weighted by Crippen LogP contribution is 2.31. The number of para-hydroxylation sites is 1. The van der Waals surface area contributed by atoms with Gasteiger partial charge in [0.1, 0.15) is 12.4 Å². The number of rotatable bonds is 3. The second kappa shape index (κ2) is 4.50. The van der Waals surface area contributed by atoms with E-state index in [9.17, 15) is 4.39 Å². The first-order valence-corrected chi connectivity index (χ1v) is 5.04. The van der Waals surface area contributed by atoms with Crippen LogP contribution >= 0.6 is 0 Å². The first-order chi connectivity index (χ1) is 7.72. The van der Waals surface area contributed by atoms with E-state index in [-0.39, 0.29) is 25.6 Å². The van der Waals surface area contributed by atoms with Crippen LogP contribution in [0.5, 0.6) is 5.75 Å². The molecule has 1 radical (unpaired) electrons. The molecule has 1 aromatic rings. The van der Waals surface area contributed by atoms with Gasteiger partial charge in [-0.15, -0.1) is 0 Å². The maximum atomic E-state index is 13.9. The molecule has 1 aromatic carbocycles. The molecule has 0 amide bonds. The van der Waals surface area contributed by atoms with Crippen molar-refractivity contribution in [1.82, 2.24) is 0 Å². The van der Waals surface area contributed by atoms with Crippen LogP contribution in [-0.4, -0.2) is 19.1 Å². The van der Waals surface area contributed by atoms with Crippen LogP contribution in [0.2, 0.25) is 0 Å². The van der Waals surface area contributed by atoms with Crippen molar-refractivity contribution in [1.29, 1.82) is 5.26 Å². The molecule has 0 aliphatic carbocycles. The van der Waals surface area contributed by atoms with Crippen molar-refractivity contribution in [3.05, 3.63) is 30.3 Å². The molecular formula is C12H11FNO2. The molecule has 1 heterocycles. The minimum Gasteiger partial charge on any atom is -0.487 e. The van der Waals surface area contributed by atoms with E-state index < -0.39 is 5.85 Å². The third-order valence-corrected chi connectivity index (χ3v) is 2.40. The highest BCUT2D eigenvalue weighted by atomic mass is 19.2. The fraction of sp³-hybridized carbons (Fsp3) is 0.417. The summed E-state index contributed by atoms with van der Waals surface area (Å²) in [4.78, 5) is 0. The molecule has 1 saturated heterocycles. The fourth-order valence-corrected chi connectivity index (χ4v) is 1.57. The molecule has 0 saturated carbocycles. The van der Waals surface area contributed by atoms with Crippen LogP contribution in [0.25, 0.3) is 0 Å². The van der Waals surface area contributed by atoms with Crippen molar-refractivity contribution in [3.8, 4) is 11.8 Å². The van der Waals surface area contributed by atoms with Crippen LogP contribution in [0.4, 0.5) is 4.39 Å². The molecule has 4 heteroatoms. The zero-order chi connectivity index (χ0) is 11.4. The van der Waals surface area contributed by atoms with E-state index in [0.717, 1.165) is 0 Å². The highest BCUT2D eigenvalue weighted by Gasteiger charge is 2.41. The highest BCUT2D eigenvalue weighted by molar-refractivity contribution is 5.19. The summed E-state index contributed by atoms with van der Waals surface area (Å²) in [5.74, 6) is -1.75. The first kappa shape index (κ1) is 10.9. The van der Waals surface area contributed by atoms with Gasteiger partial charge in [-0.1, -0.05) is 18.2 Å². The lowest BCUT2D eigenvalue weighted by atomic mass is 10.1. The Hall–Kier alpha value is -1.60. The van der Waals surface area contributed by atoms with Crippen molar-refractivity contribution in [2.75, 3.05) is 13.2 Å². The number of nitriles is 1. The number of ether oxygens (including phenoxy) is 2. The second-order valence-electron chi connectivity index (χ2n) is 3.74. The van der Waals surface area contributed by atoms with Crippen molar-refractivity contribution < 1.29 is 13.9 Å². The molecule has 1 aliphatic rings. The molecule has 2 unspecified atom stereocenters. The van der Waals surface area contributed by atoms with Crippen LogP contribution in [0.3, 0.4) is 0 Å². The monoisotopic (exact) mass is 220 g/mol. The predicted molar refractivity (Wildman–Crippen MR) is 54.3 cm³/mol. The second-order valence-corrected chi connectivity index (χ2v) is 3.74. The SMILES string of the molecule is N#CC1COC(F)(COc2[c]cccc2)C1. The molecule has 1 aliphatic heterocycles. The largest absolute Gasteiger partial charge is 0.487 e. The third-order valence-electron chi connectivity index (χ3n) is 2.40. The number of hydrogen-bond acceptors (Lipinski definition) is 3. The lowest BCUT2D eigenvalue weighted by molar-refractivity contribution is -0.129. The normalized spacial score (nSPS) is 28.6. The zero-order valence-corrected chi connectivity index (χ0v) is 8.65. The van der Waals surface area contributed by atoms with Crippen molar-refractivity contribution in [3.63, 3.8) is 0 Å². The summed E-state index contributed by atoms with van der Waals surface area (Å²) < 4.78 is 24.1. The Bertz CT molecular complexity index is 390. The average Bonchev–Trinajstić information content (AvgIpc) is 2.71. The number of nitrogens with zero attached hydrogens (tertiary/aromatic N) is 1. The smallest absolute Gasteiger partial charge is 0.244 e. The number of halogens is 1. The Morgan fingerprint density at radius 2 is 2.56 bits per heavy atom. The summed E-state index contributed by atoms with van der Waals surface area (Å²) in [6, 6.07) is 11.8. The zero-order valence-electron chi connectivity index (χ0n) is 8.65. The van der Waals surface area contributed by atoms with E-state index >= 15 is 0 Å². The number of benzene rings is 1. The van der Waals surface area contributed by atoms with E-state index in [2.05, 4.69) is 6.07 Å². The third kappa shape index (κ3) is 2.50. The predicted octanol–water partition coefficient (Wildman–Crippen LogP) is 2.09. The quantitative estimate of drug-likeness (QED) is 0.783. The van der Waals surface area contributed by atoms with E-state index in [1.807, 2.05) is 6.07 Å². The minimum absolute atomic E-state index is 0.0658. The summed E-state index contributed by atoms with van der Waals surface area (Å²) in [7, 11) is 0. The summed E-state index contributed by atoms with van der Waals surface area (Å²) in [6.07, 6.45) is 0.0658. The van der Waals surface area contributed by atoms with Crippen molar-refractivity contribution >= 4 is 0 Å². The Balaban J connectivity index is 1.89. The van der Waals surface area contributed by atoms with Gasteiger partial charge >= 0.3 is 0 Å². The van der Waals surface area contributed by atoms with Crippen LogP contribution in [-0.2, 0) is 4.74 Å². The molecular weight excluding hydrogens is 209 g/mol. The van der Waals surface area contributed by atoms with Crippen molar-refractivity contribution in [2.24, 2.45) is 5.92 Å². The molecule has 0 aromatic heterocycles. The van der Waals surface area contributed by atoms with Gasteiger partial charge in [-0.25, -0.2) is 4.39 Å². The van der Waals surface area contributed by atoms with Gasteiger partial charge in [-0.2, -0.15) is 5.26 Å². The standard InChI is InChI=1S/C12H11FNO2/c13-12(6-10(7-14)8-16-12)9-15-11-4-2-1-3-5-11/h1-4,10H,6,8-9H2. The maximum absolute atomic E-state index is 13.9. The molecule has 16 heavy (non-hydrogen) atoms. The van der Waals surface area contributed by atoms with Gasteiger partial charge in [-0.3, -0.25) is 0 Å². The molecule has 83 valence electrons. The molecule has 0 bridgehead atoms. The first-order valence-electron chi connectivity index (χ1n) is 5.04. The average molecular weight is 220 g/mol. The molecule has 2 atom stereocenters. The molecule has 3 nitrogen and oxygen atoms in total. The van der Waals surface area contributed by atoms with Gasteiger partial charge in [-0.05, 0) is 6.07 Å². The molecule has 0 spiro atoms. The topological polar surface area (TPSA) is 42.2 Å². The Morgan fingerprint density at radius 3 is 3.19 bits per heavy atom. The van der Waals surface area contributed by atoms with E-state index in [1.54, 1.807) is 24.3 Å². The summed E-state index contributed by atoms with van der Waals surface area (Å²) in [5.41, 5.74) is 0. The summed E-state index contributed by atoms with van der Waals surface area (Å²) in [5, 5.41) is 8.64. The maximum Gasteiger partial charge on any atom is 0.244 e. The van der Waals surface area contributed by atoms with E-state index in [1.165, 1.54) is 0 Å². The van der Waals surface area contributed by atoms with Gasteiger partial charge in [0.2, 0.25) is 5.85 Å². The van der Waals surface area contributed by atoms with Gasteiger partial charge in [0, 0.05) is 12.5 Å². The van der Waals surface area contributed by atoms with Gasteiger partial charge in [0.25, 0.3) is 0 Å². The van der Waals surface area contributed by atoms with Crippen LogP contribution in [0.15, 0.2) is 24.3 Å². The Labute approximate surface area is 93.4 Å². The van der Waals surface area contributed by atoms with Crippen LogP contribution in [0, 0.1) is 23.3 Å². The van der Waals surface area contributed by atoms with Gasteiger partial charge in [0.05, 0.1) is 18.6 Å². The van der Waals surface area contributed by atoms with Gasteiger partial charge in [0.15, 0.2) is 0 Å². The molecule has 0 N–H and O–H groups in total. The molecule has 1 fully saturated rings. The Morgan fingerprint density at radius 1 is 1.69 bits per heavy atom. The number of hydrogen-bond donors (Lipinski definition) is 0. The van der Waals surface area contributed by atoms with E-state index in [4.69, 9.17) is 14.7 Å². The Kier molecular flexibility index (Phi) is 3.07.